The summed E-state index contributed by atoms with van der Waals surface area (Å²) in [6, 6.07) is 17.7. The van der Waals surface area contributed by atoms with Gasteiger partial charge >= 0.3 is 0 Å². The molecule has 0 heterocycles. The minimum atomic E-state index is -0.595. The number of anilines is 1. The zero-order valence-corrected chi connectivity index (χ0v) is 20.1. The molecular formula is C25H19Cl3N2O3. The Hall–Kier alpha value is -3.17. The minimum Gasteiger partial charge on any atom is -0.493 e. The molecule has 0 aromatic heterocycles. The molecule has 0 saturated carbocycles. The van der Waals surface area contributed by atoms with Crippen LogP contribution < -0.4 is 14.8 Å². The number of benzene rings is 3. The van der Waals surface area contributed by atoms with Crippen molar-refractivity contribution in [2.75, 3.05) is 12.4 Å². The van der Waals surface area contributed by atoms with E-state index in [0.717, 1.165) is 11.1 Å². The highest BCUT2D eigenvalue weighted by atomic mass is 35.5. The Morgan fingerprint density at radius 3 is 2.45 bits per heavy atom. The van der Waals surface area contributed by atoms with Crippen LogP contribution in [0.5, 0.6) is 11.5 Å². The molecular weight excluding hydrogens is 483 g/mol. The van der Waals surface area contributed by atoms with Crippen molar-refractivity contribution >= 4 is 52.5 Å². The molecule has 3 rings (SSSR count). The average molecular weight is 502 g/mol. The topological polar surface area (TPSA) is 71.3 Å². The van der Waals surface area contributed by atoms with Crippen LogP contribution >= 0.6 is 34.8 Å². The third-order valence-corrected chi connectivity index (χ3v) is 5.68. The number of hydrogen-bond acceptors (Lipinski definition) is 4. The van der Waals surface area contributed by atoms with Gasteiger partial charge in [0.2, 0.25) is 0 Å². The molecule has 0 saturated heterocycles. The molecule has 8 heteroatoms. The van der Waals surface area contributed by atoms with Crippen molar-refractivity contribution in [3.05, 3.63) is 91.9 Å². The minimum absolute atomic E-state index is 0.128. The number of carbonyl (C=O) groups excluding carboxylic acids is 1. The van der Waals surface area contributed by atoms with Crippen LogP contribution in [0, 0.1) is 18.3 Å². The van der Waals surface area contributed by atoms with Crippen molar-refractivity contribution in [2.45, 2.75) is 13.5 Å². The molecule has 1 N–H and O–H groups in total. The maximum Gasteiger partial charge on any atom is 0.266 e. The van der Waals surface area contributed by atoms with Crippen molar-refractivity contribution < 1.29 is 14.3 Å². The number of aryl methyl sites for hydroxylation is 1. The highest BCUT2D eigenvalue weighted by Crippen LogP contribution is 2.38. The fourth-order valence-electron chi connectivity index (χ4n) is 3.01. The summed E-state index contributed by atoms with van der Waals surface area (Å²) in [6.45, 7) is 2.00. The molecule has 0 aliphatic carbocycles. The van der Waals surface area contributed by atoms with E-state index in [0.29, 0.717) is 32.8 Å². The predicted octanol–water partition coefficient (Wildman–Crippen LogP) is 7.09. The van der Waals surface area contributed by atoms with Gasteiger partial charge in [0.15, 0.2) is 11.5 Å². The molecule has 0 radical (unpaired) electrons. The van der Waals surface area contributed by atoms with E-state index in [1.807, 2.05) is 37.3 Å². The van der Waals surface area contributed by atoms with Gasteiger partial charge in [0.1, 0.15) is 18.2 Å². The van der Waals surface area contributed by atoms with Crippen molar-refractivity contribution in [2.24, 2.45) is 0 Å². The van der Waals surface area contributed by atoms with Crippen molar-refractivity contribution in [1.82, 2.24) is 0 Å². The number of nitriles is 1. The molecule has 0 unspecified atom stereocenters. The Morgan fingerprint density at radius 1 is 1.06 bits per heavy atom. The van der Waals surface area contributed by atoms with Crippen molar-refractivity contribution in [1.29, 1.82) is 5.26 Å². The standard InChI is InChI=1S/C25H19Cl3N2O3/c1-15-6-5-9-20(27)23(15)30-25(31)18(13-29)10-16-11-21(28)24(22(12-16)32-2)33-14-17-7-3-4-8-19(17)26/h3-12H,14H2,1-2H3,(H,30,31)/b18-10+. The quantitative estimate of drug-likeness (QED) is 0.277. The number of halogens is 3. The van der Waals surface area contributed by atoms with Crippen LogP contribution in [0.25, 0.3) is 6.08 Å². The molecule has 0 bridgehead atoms. The average Bonchev–Trinajstić information content (AvgIpc) is 2.79. The van der Waals surface area contributed by atoms with Gasteiger partial charge in [0.05, 0.1) is 22.8 Å². The first-order chi connectivity index (χ1) is 15.8. The Labute approximate surface area is 207 Å². The van der Waals surface area contributed by atoms with E-state index < -0.39 is 5.91 Å². The smallest absolute Gasteiger partial charge is 0.266 e. The second-order valence-corrected chi connectivity index (χ2v) is 8.19. The van der Waals surface area contributed by atoms with E-state index in [2.05, 4.69) is 5.32 Å². The Bertz CT molecular complexity index is 1250. The second-order valence-electron chi connectivity index (χ2n) is 6.97. The zero-order chi connectivity index (χ0) is 24.0. The number of rotatable bonds is 7. The number of carbonyl (C=O) groups is 1. The Morgan fingerprint density at radius 2 is 1.79 bits per heavy atom. The number of methoxy groups -OCH3 is 1. The van der Waals surface area contributed by atoms with E-state index in [1.54, 1.807) is 30.3 Å². The van der Waals surface area contributed by atoms with Gasteiger partial charge in [0, 0.05) is 10.6 Å². The lowest BCUT2D eigenvalue weighted by Crippen LogP contribution is -2.14. The van der Waals surface area contributed by atoms with E-state index >= 15 is 0 Å². The summed E-state index contributed by atoms with van der Waals surface area (Å²) in [7, 11) is 1.47. The van der Waals surface area contributed by atoms with Crippen molar-refractivity contribution in [3.63, 3.8) is 0 Å². The third-order valence-electron chi connectivity index (χ3n) is 4.72. The summed E-state index contributed by atoms with van der Waals surface area (Å²) < 4.78 is 11.3. The molecule has 0 spiro atoms. The first-order valence-electron chi connectivity index (χ1n) is 9.76. The van der Waals surface area contributed by atoms with Gasteiger partial charge in [-0.2, -0.15) is 5.26 Å². The summed E-state index contributed by atoms with van der Waals surface area (Å²) >= 11 is 18.8. The predicted molar refractivity (Wildman–Crippen MR) is 132 cm³/mol. The van der Waals surface area contributed by atoms with Gasteiger partial charge in [-0.1, -0.05) is 65.1 Å². The monoisotopic (exact) mass is 500 g/mol. The largest absolute Gasteiger partial charge is 0.493 e. The van der Waals surface area contributed by atoms with Gasteiger partial charge in [-0.3, -0.25) is 4.79 Å². The van der Waals surface area contributed by atoms with Gasteiger partial charge < -0.3 is 14.8 Å². The van der Waals surface area contributed by atoms with Crippen LogP contribution in [-0.2, 0) is 11.4 Å². The van der Waals surface area contributed by atoms with E-state index in [9.17, 15) is 10.1 Å². The molecule has 3 aromatic carbocycles. The summed E-state index contributed by atoms with van der Waals surface area (Å²) in [5, 5.41) is 13.4. The number of hydrogen-bond donors (Lipinski definition) is 1. The molecule has 0 atom stereocenters. The van der Waals surface area contributed by atoms with Crippen LogP contribution in [0.4, 0.5) is 5.69 Å². The van der Waals surface area contributed by atoms with Gasteiger partial charge in [0.25, 0.3) is 5.91 Å². The fraction of sp³-hybridized carbons (Fsp3) is 0.120. The lowest BCUT2D eigenvalue weighted by atomic mass is 10.1. The van der Waals surface area contributed by atoms with E-state index in [-0.39, 0.29) is 17.2 Å². The van der Waals surface area contributed by atoms with Crippen molar-refractivity contribution in [3.8, 4) is 17.6 Å². The maximum atomic E-state index is 12.7. The fourth-order valence-corrected chi connectivity index (χ4v) is 3.75. The first-order valence-corrected chi connectivity index (χ1v) is 10.9. The normalized spacial score (nSPS) is 11.0. The summed E-state index contributed by atoms with van der Waals surface area (Å²) in [4.78, 5) is 12.7. The zero-order valence-electron chi connectivity index (χ0n) is 17.8. The summed E-state index contributed by atoms with van der Waals surface area (Å²) in [6.07, 6.45) is 1.41. The molecule has 3 aromatic rings. The SMILES string of the molecule is COc1cc(/C=C(\C#N)C(=O)Nc2c(C)cccc2Cl)cc(Cl)c1OCc1ccccc1Cl. The second kappa shape index (κ2) is 11.1. The molecule has 0 fully saturated rings. The summed E-state index contributed by atoms with van der Waals surface area (Å²) in [5.41, 5.74) is 2.38. The summed E-state index contributed by atoms with van der Waals surface area (Å²) in [5.74, 6) is 0.0779. The van der Waals surface area contributed by atoms with E-state index in [1.165, 1.54) is 13.2 Å². The van der Waals surface area contributed by atoms with Gasteiger partial charge in [-0.15, -0.1) is 0 Å². The maximum absolute atomic E-state index is 12.7. The number of ether oxygens (including phenoxy) is 2. The molecule has 0 aliphatic rings. The Kier molecular flexibility index (Phi) is 8.24. The van der Waals surface area contributed by atoms with Gasteiger partial charge in [-0.25, -0.2) is 0 Å². The molecule has 5 nitrogen and oxygen atoms in total. The highest BCUT2D eigenvalue weighted by molar-refractivity contribution is 6.34. The lowest BCUT2D eigenvalue weighted by molar-refractivity contribution is -0.112. The van der Waals surface area contributed by atoms with Crippen LogP contribution in [-0.4, -0.2) is 13.0 Å². The number of amides is 1. The Balaban J connectivity index is 1.86. The number of nitrogens with zero attached hydrogens (tertiary/aromatic N) is 1. The molecule has 1 amide bonds. The highest BCUT2D eigenvalue weighted by Gasteiger charge is 2.16. The number of para-hydroxylation sites is 1. The molecule has 33 heavy (non-hydrogen) atoms. The molecule has 0 aliphatic heterocycles. The number of nitrogens with one attached hydrogen (secondary N) is 1. The third kappa shape index (κ3) is 6.00. The first kappa shape index (κ1) is 24.5. The van der Waals surface area contributed by atoms with Crippen LogP contribution in [0.3, 0.4) is 0 Å². The van der Waals surface area contributed by atoms with E-state index in [4.69, 9.17) is 44.3 Å². The van der Waals surface area contributed by atoms with Crippen LogP contribution in [0.2, 0.25) is 15.1 Å². The van der Waals surface area contributed by atoms with Crippen LogP contribution in [0.15, 0.2) is 60.2 Å². The molecule has 168 valence electrons. The van der Waals surface area contributed by atoms with Gasteiger partial charge in [-0.05, 0) is 48.4 Å². The van der Waals surface area contributed by atoms with Crippen LogP contribution in [0.1, 0.15) is 16.7 Å². The lowest BCUT2D eigenvalue weighted by Gasteiger charge is -2.14.